The second kappa shape index (κ2) is 11.2. The van der Waals surface area contributed by atoms with Gasteiger partial charge in [0.15, 0.2) is 11.9 Å². The van der Waals surface area contributed by atoms with Crippen LogP contribution < -0.4 is 4.74 Å². The van der Waals surface area contributed by atoms with Crippen LogP contribution in [0.15, 0.2) is 30.5 Å². The molecule has 0 saturated carbocycles. The standard InChI is InChI=1S/C26H28N2O10/c1-12(29)21-22-18(8-9-27-21)17-7-6-16(10-19(17)28-22)37-26-25(36-15(4)32)24(35-14(3)31)23(33-5)20(38-26)11-34-13(2)30/h6-10,20,23-26,28H,11H2,1-5H3. The molecule has 1 aliphatic heterocycles. The van der Waals surface area contributed by atoms with Gasteiger partial charge in [-0.3, -0.25) is 24.2 Å². The van der Waals surface area contributed by atoms with E-state index in [1.807, 2.05) is 0 Å². The topological polar surface area (TPSA) is 152 Å². The monoisotopic (exact) mass is 528 g/mol. The summed E-state index contributed by atoms with van der Waals surface area (Å²) in [6.45, 7) is 4.87. The number of aromatic nitrogens is 2. The Morgan fingerprint density at radius 2 is 1.63 bits per heavy atom. The van der Waals surface area contributed by atoms with Crippen molar-refractivity contribution in [3.8, 4) is 5.75 Å². The van der Waals surface area contributed by atoms with Gasteiger partial charge in [0.25, 0.3) is 0 Å². The fourth-order valence-corrected chi connectivity index (χ4v) is 4.52. The van der Waals surface area contributed by atoms with Crippen LogP contribution in [0.5, 0.6) is 5.75 Å². The number of benzene rings is 1. The summed E-state index contributed by atoms with van der Waals surface area (Å²) in [5.74, 6) is -1.70. The summed E-state index contributed by atoms with van der Waals surface area (Å²) in [7, 11) is 1.37. The molecule has 5 unspecified atom stereocenters. The molecule has 4 rings (SSSR count). The lowest BCUT2D eigenvalue weighted by molar-refractivity contribution is -0.289. The van der Waals surface area contributed by atoms with Gasteiger partial charge in [0, 0.05) is 57.8 Å². The molecule has 0 spiro atoms. The smallest absolute Gasteiger partial charge is 0.303 e. The number of carbonyl (C=O) groups is 4. The van der Waals surface area contributed by atoms with Crippen molar-refractivity contribution in [1.82, 2.24) is 9.97 Å². The second-order valence-corrected chi connectivity index (χ2v) is 8.78. The van der Waals surface area contributed by atoms with E-state index in [2.05, 4.69) is 9.97 Å². The number of pyridine rings is 1. The lowest BCUT2D eigenvalue weighted by atomic mass is 9.98. The molecule has 5 atom stereocenters. The minimum absolute atomic E-state index is 0.179. The number of esters is 3. The molecule has 0 bridgehead atoms. The highest BCUT2D eigenvalue weighted by atomic mass is 16.7. The van der Waals surface area contributed by atoms with Crippen molar-refractivity contribution in [2.24, 2.45) is 0 Å². The lowest BCUT2D eigenvalue weighted by Gasteiger charge is -2.44. The maximum absolute atomic E-state index is 12.0. The van der Waals surface area contributed by atoms with Gasteiger partial charge in [0.2, 0.25) is 12.4 Å². The zero-order valence-corrected chi connectivity index (χ0v) is 21.5. The van der Waals surface area contributed by atoms with Crippen LogP contribution in [-0.4, -0.2) is 78.1 Å². The second-order valence-electron chi connectivity index (χ2n) is 8.78. The van der Waals surface area contributed by atoms with Crippen molar-refractivity contribution in [3.05, 3.63) is 36.2 Å². The molecule has 12 nitrogen and oxygen atoms in total. The van der Waals surface area contributed by atoms with Gasteiger partial charge in [-0.15, -0.1) is 0 Å². The zero-order valence-electron chi connectivity index (χ0n) is 21.5. The summed E-state index contributed by atoms with van der Waals surface area (Å²) in [6.07, 6.45) is -3.86. The van der Waals surface area contributed by atoms with Crippen LogP contribution in [0.3, 0.4) is 0 Å². The molecule has 3 aromatic rings. The normalized spacial score (nSPS) is 23.1. The third-order valence-corrected chi connectivity index (χ3v) is 6.00. The van der Waals surface area contributed by atoms with Gasteiger partial charge in [0.1, 0.15) is 30.3 Å². The minimum Gasteiger partial charge on any atom is -0.463 e. The molecule has 1 saturated heterocycles. The van der Waals surface area contributed by atoms with Gasteiger partial charge in [-0.25, -0.2) is 0 Å². The summed E-state index contributed by atoms with van der Waals surface area (Å²) in [6, 6.07) is 6.98. The highest BCUT2D eigenvalue weighted by Crippen LogP contribution is 2.33. The van der Waals surface area contributed by atoms with E-state index in [4.69, 9.17) is 28.4 Å². The highest BCUT2D eigenvalue weighted by molar-refractivity contribution is 6.14. The first-order chi connectivity index (χ1) is 18.1. The molecule has 0 amide bonds. The Balaban J connectivity index is 1.71. The Hall–Kier alpha value is -4.03. The molecular weight excluding hydrogens is 500 g/mol. The van der Waals surface area contributed by atoms with Crippen LogP contribution in [0.2, 0.25) is 0 Å². The number of ketones is 1. The van der Waals surface area contributed by atoms with E-state index in [-0.39, 0.29) is 12.4 Å². The van der Waals surface area contributed by atoms with E-state index < -0.39 is 48.6 Å². The van der Waals surface area contributed by atoms with Crippen LogP contribution in [-0.2, 0) is 38.1 Å². The van der Waals surface area contributed by atoms with Crippen LogP contribution in [0, 0.1) is 0 Å². The summed E-state index contributed by atoms with van der Waals surface area (Å²) >= 11 is 0. The van der Waals surface area contributed by atoms with E-state index in [1.165, 1.54) is 34.8 Å². The first-order valence-corrected chi connectivity index (χ1v) is 11.8. The molecule has 1 fully saturated rings. The van der Waals surface area contributed by atoms with Crippen molar-refractivity contribution < 1.29 is 47.6 Å². The van der Waals surface area contributed by atoms with Gasteiger partial charge in [-0.1, -0.05) is 0 Å². The zero-order chi connectivity index (χ0) is 27.6. The average Bonchev–Trinajstić information content (AvgIpc) is 3.21. The Kier molecular flexibility index (Phi) is 7.93. The highest BCUT2D eigenvalue weighted by Gasteiger charge is 2.52. The molecule has 2 aromatic heterocycles. The third-order valence-electron chi connectivity index (χ3n) is 6.00. The van der Waals surface area contributed by atoms with Crippen molar-refractivity contribution in [3.63, 3.8) is 0 Å². The van der Waals surface area contributed by atoms with Crippen LogP contribution >= 0.6 is 0 Å². The number of rotatable bonds is 8. The van der Waals surface area contributed by atoms with Gasteiger partial charge in [0.05, 0.1) is 11.0 Å². The minimum atomic E-state index is -1.26. The van der Waals surface area contributed by atoms with Gasteiger partial charge in [-0.2, -0.15) is 0 Å². The maximum Gasteiger partial charge on any atom is 0.303 e. The van der Waals surface area contributed by atoms with Crippen molar-refractivity contribution >= 4 is 45.5 Å². The largest absolute Gasteiger partial charge is 0.463 e. The Labute approximate surface area is 217 Å². The summed E-state index contributed by atoms with van der Waals surface area (Å²) in [4.78, 5) is 54.8. The summed E-state index contributed by atoms with van der Waals surface area (Å²) in [5, 5.41) is 1.65. The molecule has 1 aromatic carbocycles. The first-order valence-electron chi connectivity index (χ1n) is 11.8. The molecule has 0 aliphatic carbocycles. The number of methoxy groups -OCH3 is 1. The fraction of sp³-hybridized carbons (Fsp3) is 0.423. The Bertz CT molecular complexity index is 1380. The van der Waals surface area contributed by atoms with E-state index in [0.29, 0.717) is 22.5 Å². The third kappa shape index (κ3) is 5.60. The number of hydrogen-bond donors (Lipinski definition) is 1. The van der Waals surface area contributed by atoms with Gasteiger partial charge in [-0.05, 0) is 18.2 Å². The van der Waals surface area contributed by atoms with E-state index in [1.54, 1.807) is 30.5 Å². The van der Waals surface area contributed by atoms with E-state index in [0.717, 1.165) is 10.8 Å². The summed E-state index contributed by atoms with van der Waals surface area (Å²) < 4.78 is 33.7. The Morgan fingerprint density at radius 1 is 0.921 bits per heavy atom. The Morgan fingerprint density at radius 3 is 2.26 bits per heavy atom. The van der Waals surface area contributed by atoms with Crippen LogP contribution in [0.1, 0.15) is 38.2 Å². The van der Waals surface area contributed by atoms with E-state index in [9.17, 15) is 19.2 Å². The van der Waals surface area contributed by atoms with Crippen LogP contribution in [0.25, 0.3) is 21.8 Å². The summed E-state index contributed by atoms with van der Waals surface area (Å²) in [5.41, 5.74) is 1.57. The number of nitrogens with one attached hydrogen (secondary N) is 1. The van der Waals surface area contributed by atoms with Crippen molar-refractivity contribution in [2.45, 2.75) is 58.4 Å². The number of nitrogens with zero attached hydrogens (tertiary/aromatic N) is 1. The van der Waals surface area contributed by atoms with Crippen LogP contribution in [0.4, 0.5) is 0 Å². The average molecular weight is 529 g/mol. The molecule has 0 radical (unpaired) electrons. The van der Waals surface area contributed by atoms with Crippen molar-refractivity contribution in [2.75, 3.05) is 13.7 Å². The number of Topliss-reactive ketones (excluding diaryl/α,β-unsaturated/α-hetero) is 1. The molecule has 3 heterocycles. The number of carbonyl (C=O) groups excluding carboxylic acids is 4. The maximum atomic E-state index is 12.0. The molecule has 1 aliphatic rings. The lowest BCUT2D eigenvalue weighted by Crippen LogP contribution is -2.63. The number of hydrogen-bond acceptors (Lipinski definition) is 11. The number of ether oxygens (including phenoxy) is 6. The molecule has 202 valence electrons. The molecule has 1 N–H and O–H groups in total. The quantitative estimate of drug-likeness (QED) is 0.261. The first kappa shape index (κ1) is 27.0. The number of fused-ring (bicyclic) bond motifs is 3. The van der Waals surface area contributed by atoms with E-state index >= 15 is 0 Å². The SMILES string of the molecule is COC1C(COC(C)=O)OC(Oc2ccc3c(c2)[nH]c2c(C(C)=O)nccc23)C(OC(C)=O)C1OC(C)=O. The fourth-order valence-electron chi connectivity index (χ4n) is 4.52. The van der Waals surface area contributed by atoms with Gasteiger partial charge < -0.3 is 33.4 Å². The number of aromatic amines is 1. The van der Waals surface area contributed by atoms with Gasteiger partial charge >= 0.3 is 17.9 Å². The molecule has 12 heteroatoms. The number of H-pyrrole nitrogens is 1. The predicted molar refractivity (Wildman–Crippen MR) is 131 cm³/mol. The molecule has 38 heavy (non-hydrogen) atoms. The van der Waals surface area contributed by atoms with Crippen molar-refractivity contribution in [1.29, 1.82) is 0 Å². The predicted octanol–water partition coefficient (Wildman–Crippen LogP) is 2.46. The molecular formula is C26H28N2O10.